The molecule has 1 aromatic carbocycles. The van der Waals surface area contributed by atoms with Crippen LogP contribution in [-0.4, -0.2) is 29.0 Å². The fourth-order valence-electron chi connectivity index (χ4n) is 2.93. The highest BCUT2D eigenvalue weighted by Crippen LogP contribution is 2.34. The van der Waals surface area contributed by atoms with E-state index in [1.54, 1.807) is 23.9 Å². The molecule has 1 N–H and O–H groups in total. The van der Waals surface area contributed by atoms with Crippen molar-refractivity contribution < 1.29 is 8.42 Å². The van der Waals surface area contributed by atoms with E-state index in [1.165, 1.54) is 0 Å². The smallest absolute Gasteiger partial charge is 0.229 e. The van der Waals surface area contributed by atoms with E-state index in [2.05, 4.69) is 34.3 Å². The van der Waals surface area contributed by atoms with Gasteiger partial charge in [-0.15, -0.1) is 0 Å². The molecule has 8 heteroatoms. The second kappa shape index (κ2) is 5.93. The van der Waals surface area contributed by atoms with Gasteiger partial charge < -0.3 is 4.57 Å². The van der Waals surface area contributed by atoms with Crippen molar-refractivity contribution in [3.05, 3.63) is 36.2 Å². The van der Waals surface area contributed by atoms with Crippen LogP contribution in [0, 0.1) is 11.3 Å². The highest BCUT2D eigenvalue weighted by atomic mass is 32.2. The minimum absolute atomic E-state index is 0.188. The van der Waals surface area contributed by atoms with Crippen molar-refractivity contribution in [2.24, 2.45) is 7.05 Å². The first-order chi connectivity index (χ1) is 11.7. The fourth-order valence-corrected chi connectivity index (χ4v) is 3.49. The number of fused-ring (bicyclic) bond motifs is 1. The molecule has 0 bridgehead atoms. The van der Waals surface area contributed by atoms with Crippen LogP contribution in [0.4, 0.5) is 5.69 Å². The van der Waals surface area contributed by atoms with Gasteiger partial charge in [0.05, 0.1) is 23.2 Å². The standard InChI is InChI=1S/C17H19N5O2S/c1-11(2)22-10-15(16-8-13(9-18)19-21(16)3)14-6-5-12(7-17(14)22)20-25(4,23)24/h5-8,10-11,20H,1-4H3. The number of nitrogens with zero attached hydrogens (tertiary/aromatic N) is 4. The van der Waals surface area contributed by atoms with Crippen molar-refractivity contribution >= 4 is 26.6 Å². The molecule has 0 aliphatic carbocycles. The van der Waals surface area contributed by atoms with Crippen LogP contribution in [0.3, 0.4) is 0 Å². The van der Waals surface area contributed by atoms with Crippen molar-refractivity contribution in [3.8, 4) is 17.3 Å². The van der Waals surface area contributed by atoms with E-state index >= 15 is 0 Å². The Labute approximate surface area is 146 Å². The summed E-state index contributed by atoms with van der Waals surface area (Å²) in [6, 6.07) is 9.44. The number of hydrogen-bond donors (Lipinski definition) is 1. The Morgan fingerprint density at radius 3 is 2.56 bits per heavy atom. The predicted octanol–water partition coefficient (Wildman–Crippen LogP) is 2.87. The largest absolute Gasteiger partial charge is 0.344 e. The summed E-state index contributed by atoms with van der Waals surface area (Å²) in [7, 11) is -1.54. The maximum absolute atomic E-state index is 11.5. The molecule has 130 valence electrons. The maximum Gasteiger partial charge on any atom is 0.229 e. The van der Waals surface area contributed by atoms with Crippen molar-refractivity contribution in [2.45, 2.75) is 19.9 Å². The zero-order valence-corrected chi connectivity index (χ0v) is 15.3. The number of benzene rings is 1. The van der Waals surface area contributed by atoms with Crippen LogP contribution >= 0.6 is 0 Å². The molecule has 2 heterocycles. The number of anilines is 1. The number of sulfonamides is 1. The first kappa shape index (κ1) is 17.0. The summed E-state index contributed by atoms with van der Waals surface area (Å²) in [4.78, 5) is 0. The van der Waals surface area contributed by atoms with Gasteiger partial charge in [-0.3, -0.25) is 9.40 Å². The molecule has 0 saturated carbocycles. The van der Waals surface area contributed by atoms with E-state index in [0.717, 1.165) is 28.4 Å². The maximum atomic E-state index is 11.5. The highest BCUT2D eigenvalue weighted by Gasteiger charge is 2.17. The van der Waals surface area contributed by atoms with Gasteiger partial charge in [0.2, 0.25) is 10.0 Å². The zero-order chi connectivity index (χ0) is 18.4. The number of nitriles is 1. The van der Waals surface area contributed by atoms with Crippen LogP contribution < -0.4 is 4.72 Å². The van der Waals surface area contributed by atoms with Gasteiger partial charge in [0.15, 0.2) is 5.69 Å². The summed E-state index contributed by atoms with van der Waals surface area (Å²) in [5.41, 5.74) is 3.58. The molecule has 0 radical (unpaired) electrons. The normalized spacial score (nSPS) is 11.8. The third kappa shape index (κ3) is 3.23. The van der Waals surface area contributed by atoms with Crippen LogP contribution in [0.25, 0.3) is 22.2 Å². The molecule has 3 aromatic rings. The molecule has 0 fully saturated rings. The van der Waals surface area contributed by atoms with Crippen molar-refractivity contribution in [3.63, 3.8) is 0 Å². The Hall–Kier alpha value is -2.79. The minimum Gasteiger partial charge on any atom is -0.344 e. The van der Waals surface area contributed by atoms with Gasteiger partial charge in [0.1, 0.15) is 6.07 Å². The Balaban J connectivity index is 2.24. The summed E-state index contributed by atoms with van der Waals surface area (Å²) in [5.74, 6) is 0. The Bertz CT molecular complexity index is 1100. The lowest BCUT2D eigenvalue weighted by Crippen LogP contribution is -2.09. The van der Waals surface area contributed by atoms with E-state index < -0.39 is 10.0 Å². The topological polar surface area (TPSA) is 92.7 Å². The molecule has 0 saturated heterocycles. The van der Waals surface area contributed by atoms with Gasteiger partial charge in [-0.25, -0.2) is 8.42 Å². The summed E-state index contributed by atoms with van der Waals surface area (Å²) in [6.45, 7) is 4.12. The molecule has 2 aromatic heterocycles. The first-order valence-electron chi connectivity index (χ1n) is 7.76. The van der Waals surface area contributed by atoms with Gasteiger partial charge >= 0.3 is 0 Å². The van der Waals surface area contributed by atoms with Gasteiger partial charge in [0.25, 0.3) is 0 Å². The second-order valence-electron chi connectivity index (χ2n) is 6.30. The Morgan fingerprint density at radius 2 is 2.00 bits per heavy atom. The van der Waals surface area contributed by atoms with E-state index in [9.17, 15) is 8.42 Å². The van der Waals surface area contributed by atoms with E-state index in [-0.39, 0.29) is 6.04 Å². The second-order valence-corrected chi connectivity index (χ2v) is 8.05. The first-order valence-corrected chi connectivity index (χ1v) is 9.65. The molecule has 0 spiro atoms. The predicted molar refractivity (Wildman–Crippen MR) is 97.7 cm³/mol. The minimum atomic E-state index is -3.34. The summed E-state index contributed by atoms with van der Waals surface area (Å²) >= 11 is 0. The molecule has 25 heavy (non-hydrogen) atoms. The lowest BCUT2D eigenvalue weighted by molar-refractivity contribution is 0.607. The Morgan fingerprint density at radius 1 is 1.28 bits per heavy atom. The van der Waals surface area contributed by atoms with E-state index in [4.69, 9.17) is 5.26 Å². The molecule has 3 rings (SSSR count). The van der Waals surface area contributed by atoms with Gasteiger partial charge in [0, 0.05) is 36.3 Å². The third-order valence-electron chi connectivity index (χ3n) is 3.96. The zero-order valence-electron chi connectivity index (χ0n) is 14.5. The average molecular weight is 357 g/mol. The van der Waals surface area contributed by atoms with Crippen LogP contribution in [0.1, 0.15) is 25.6 Å². The molecule has 0 unspecified atom stereocenters. The summed E-state index contributed by atoms with van der Waals surface area (Å²) in [6.07, 6.45) is 3.14. The molecule has 7 nitrogen and oxygen atoms in total. The average Bonchev–Trinajstić information content (AvgIpc) is 3.05. The molecule has 0 aliphatic rings. The highest BCUT2D eigenvalue weighted by molar-refractivity contribution is 7.92. The molecule has 0 aliphatic heterocycles. The summed E-state index contributed by atoms with van der Waals surface area (Å²) < 4.78 is 29.3. The number of aromatic nitrogens is 3. The number of nitrogens with one attached hydrogen (secondary N) is 1. The quantitative estimate of drug-likeness (QED) is 0.777. The van der Waals surface area contributed by atoms with Crippen LogP contribution in [-0.2, 0) is 17.1 Å². The lowest BCUT2D eigenvalue weighted by atomic mass is 10.1. The van der Waals surface area contributed by atoms with Crippen LogP contribution in [0.2, 0.25) is 0 Å². The molecule has 0 amide bonds. The monoisotopic (exact) mass is 357 g/mol. The number of hydrogen-bond acceptors (Lipinski definition) is 4. The van der Waals surface area contributed by atoms with Crippen LogP contribution in [0.15, 0.2) is 30.5 Å². The van der Waals surface area contributed by atoms with Crippen LogP contribution in [0.5, 0.6) is 0 Å². The SMILES string of the molecule is CC(C)n1cc(-c2cc(C#N)nn2C)c2ccc(NS(C)(=O)=O)cc21. The third-order valence-corrected chi connectivity index (χ3v) is 4.57. The van der Waals surface area contributed by atoms with Crippen molar-refractivity contribution in [1.82, 2.24) is 14.3 Å². The van der Waals surface area contributed by atoms with Gasteiger partial charge in [-0.1, -0.05) is 6.07 Å². The molecular weight excluding hydrogens is 338 g/mol. The number of rotatable bonds is 4. The van der Waals surface area contributed by atoms with E-state index in [1.807, 2.05) is 18.3 Å². The number of aryl methyl sites for hydroxylation is 1. The van der Waals surface area contributed by atoms with Gasteiger partial charge in [-0.05, 0) is 26.0 Å². The fraction of sp³-hybridized carbons (Fsp3) is 0.294. The molecule has 0 atom stereocenters. The van der Waals surface area contributed by atoms with E-state index in [0.29, 0.717) is 11.4 Å². The summed E-state index contributed by atoms with van der Waals surface area (Å²) in [5, 5.41) is 14.2. The van der Waals surface area contributed by atoms with Crippen molar-refractivity contribution in [2.75, 3.05) is 11.0 Å². The lowest BCUT2D eigenvalue weighted by Gasteiger charge is -2.10. The molecular formula is C17H19N5O2S. The van der Waals surface area contributed by atoms with Crippen molar-refractivity contribution in [1.29, 1.82) is 5.26 Å². The Kier molecular flexibility index (Phi) is 4.05. The van der Waals surface area contributed by atoms with Gasteiger partial charge in [-0.2, -0.15) is 10.4 Å².